The van der Waals surface area contributed by atoms with Crippen molar-refractivity contribution in [3.05, 3.63) is 54.0 Å². The van der Waals surface area contributed by atoms with Crippen molar-refractivity contribution in [3.63, 3.8) is 0 Å². The normalized spacial score (nSPS) is 9.86. The highest BCUT2D eigenvalue weighted by atomic mass is 16.5. The fraction of sp³-hybridized carbons (Fsp3) is 0.200. The molecule has 0 atom stereocenters. The first-order valence-electron chi connectivity index (χ1n) is 6.65. The highest BCUT2D eigenvalue weighted by Crippen LogP contribution is 2.11. The van der Waals surface area contributed by atoms with Gasteiger partial charge in [0, 0.05) is 0 Å². The van der Waals surface area contributed by atoms with Crippen LogP contribution in [0.15, 0.2) is 47.1 Å². The van der Waals surface area contributed by atoms with Crippen LogP contribution in [0.3, 0.4) is 0 Å². The lowest BCUT2D eigenvalue weighted by atomic mass is 10.1. The van der Waals surface area contributed by atoms with Crippen LogP contribution in [0.25, 0.3) is 0 Å². The van der Waals surface area contributed by atoms with Crippen LogP contribution in [0.4, 0.5) is 4.79 Å². The molecule has 0 aliphatic carbocycles. The Morgan fingerprint density at radius 2 is 1.91 bits per heavy atom. The minimum Gasteiger partial charge on any atom is -0.497 e. The average Bonchev–Trinajstić information content (AvgIpc) is 3.05. The van der Waals surface area contributed by atoms with Gasteiger partial charge in [0.25, 0.3) is 0 Å². The van der Waals surface area contributed by atoms with Gasteiger partial charge < -0.3 is 14.5 Å². The van der Waals surface area contributed by atoms with E-state index in [0.717, 1.165) is 11.3 Å². The molecule has 1 aromatic heterocycles. The molecule has 0 aliphatic heterocycles. The summed E-state index contributed by atoms with van der Waals surface area (Å²) in [5, 5.41) is 2.54. The van der Waals surface area contributed by atoms with Crippen LogP contribution >= 0.6 is 0 Å². The predicted octanol–water partition coefficient (Wildman–Crippen LogP) is 1.36. The molecule has 0 unspecified atom stereocenters. The lowest BCUT2D eigenvalue weighted by Gasteiger charge is -2.08. The number of urea groups is 1. The lowest BCUT2D eigenvalue weighted by molar-refractivity contribution is -0.121. The zero-order valence-corrected chi connectivity index (χ0v) is 12.1. The molecule has 0 bridgehead atoms. The Hall–Kier alpha value is -2.96. The van der Waals surface area contributed by atoms with Gasteiger partial charge in [0.2, 0.25) is 5.91 Å². The molecule has 1 heterocycles. The van der Waals surface area contributed by atoms with E-state index < -0.39 is 6.03 Å². The first kappa shape index (κ1) is 15.4. The maximum Gasteiger partial charge on any atom is 0.333 e. The van der Waals surface area contributed by atoms with E-state index >= 15 is 0 Å². The Labute approximate surface area is 127 Å². The van der Waals surface area contributed by atoms with E-state index in [2.05, 4.69) is 16.2 Å². The third kappa shape index (κ3) is 4.86. The van der Waals surface area contributed by atoms with Crippen molar-refractivity contribution >= 4 is 11.9 Å². The highest BCUT2D eigenvalue weighted by Gasteiger charge is 2.06. The Bertz CT molecular complexity index is 608. The van der Waals surface area contributed by atoms with Gasteiger partial charge >= 0.3 is 6.03 Å². The number of methoxy groups -OCH3 is 1. The number of hydrogen-bond acceptors (Lipinski definition) is 4. The van der Waals surface area contributed by atoms with Gasteiger partial charge in [0.1, 0.15) is 11.5 Å². The summed E-state index contributed by atoms with van der Waals surface area (Å²) in [7, 11) is 1.58. The van der Waals surface area contributed by atoms with Crippen molar-refractivity contribution in [2.75, 3.05) is 7.11 Å². The Kier molecular flexibility index (Phi) is 5.42. The van der Waals surface area contributed by atoms with E-state index in [4.69, 9.17) is 9.15 Å². The van der Waals surface area contributed by atoms with Gasteiger partial charge in [-0.25, -0.2) is 10.2 Å². The van der Waals surface area contributed by atoms with E-state index in [1.54, 1.807) is 43.5 Å². The zero-order chi connectivity index (χ0) is 15.8. The number of nitrogens with one attached hydrogen (secondary N) is 3. The summed E-state index contributed by atoms with van der Waals surface area (Å²) < 4.78 is 10.1. The minimum atomic E-state index is -0.514. The van der Waals surface area contributed by atoms with Gasteiger partial charge in [-0.1, -0.05) is 12.1 Å². The fourth-order valence-electron chi connectivity index (χ4n) is 1.72. The molecule has 3 N–H and O–H groups in total. The van der Waals surface area contributed by atoms with Crippen LogP contribution < -0.4 is 20.9 Å². The molecule has 7 nitrogen and oxygen atoms in total. The van der Waals surface area contributed by atoms with Crippen molar-refractivity contribution in [2.45, 2.75) is 13.0 Å². The molecule has 0 aliphatic rings. The quantitative estimate of drug-likeness (QED) is 0.727. The third-order valence-corrected chi connectivity index (χ3v) is 2.84. The number of amides is 3. The SMILES string of the molecule is COc1ccc(CC(=O)NNC(=O)NCc2ccco2)cc1. The molecule has 0 spiro atoms. The Morgan fingerprint density at radius 1 is 1.14 bits per heavy atom. The number of carbonyl (C=O) groups is 2. The summed E-state index contributed by atoms with van der Waals surface area (Å²) in [6.45, 7) is 0.243. The molecule has 0 saturated heterocycles. The van der Waals surface area contributed by atoms with Crippen LogP contribution in [0, 0.1) is 0 Å². The van der Waals surface area contributed by atoms with Gasteiger partial charge in [0.05, 0.1) is 26.3 Å². The molecule has 116 valence electrons. The molecular weight excluding hydrogens is 286 g/mol. The van der Waals surface area contributed by atoms with Crippen molar-refractivity contribution in [3.8, 4) is 5.75 Å². The fourth-order valence-corrected chi connectivity index (χ4v) is 1.72. The summed E-state index contributed by atoms with van der Waals surface area (Å²) >= 11 is 0. The summed E-state index contributed by atoms with van der Waals surface area (Å²) in [6, 6.07) is 10.1. The number of ether oxygens (including phenoxy) is 1. The van der Waals surface area contributed by atoms with Gasteiger partial charge in [-0.3, -0.25) is 10.2 Å². The number of carbonyl (C=O) groups excluding carboxylic acids is 2. The predicted molar refractivity (Wildman–Crippen MR) is 78.9 cm³/mol. The molecule has 0 radical (unpaired) electrons. The second kappa shape index (κ2) is 7.72. The first-order valence-corrected chi connectivity index (χ1v) is 6.65. The van der Waals surface area contributed by atoms with Gasteiger partial charge in [-0.2, -0.15) is 0 Å². The van der Waals surface area contributed by atoms with Crippen molar-refractivity contribution < 1.29 is 18.7 Å². The molecule has 0 fully saturated rings. The smallest absolute Gasteiger partial charge is 0.333 e. The number of hydrogen-bond donors (Lipinski definition) is 3. The van der Waals surface area contributed by atoms with Crippen molar-refractivity contribution in [2.24, 2.45) is 0 Å². The summed E-state index contributed by atoms with van der Waals surface area (Å²) in [5.41, 5.74) is 5.41. The van der Waals surface area contributed by atoms with Crippen LogP contribution in [-0.2, 0) is 17.8 Å². The lowest BCUT2D eigenvalue weighted by Crippen LogP contribution is -2.47. The third-order valence-electron chi connectivity index (χ3n) is 2.84. The highest BCUT2D eigenvalue weighted by molar-refractivity contribution is 5.82. The minimum absolute atomic E-state index is 0.155. The van der Waals surface area contributed by atoms with Crippen molar-refractivity contribution in [1.82, 2.24) is 16.2 Å². The molecular formula is C15H17N3O4. The first-order chi connectivity index (χ1) is 10.7. The monoisotopic (exact) mass is 303 g/mol. The molecule has 0 saturated carbocycles. The molecule has 2 rings (SSSR count). The number of furan rings is 1. The molecule has 7 heteroatoms. The topological polar surface area (TPSA) is 92.6 Å². The molecule has 2 aromatic rings. The van der Waals surface area contributed by atoms with E-state index in [9.17, 15) is 9.59 Å². The maximum atomic E-state index is 11.7. The van der Waals surface area contributed by atoms with Gasteiger partial charge in [-0.05, 0) is 29.8 Å². The Balaban J connectivity index is 1.69. The standard InChI is InChI=1S/C15H17N3O4/c1-21-12-6-4-11(5-7-12)9-14(19)17-18-15(20)16-10-13-3-2-8-22-13/h2-8H,9-10H2,1H3,(H,17,19)(H2,16,18,20). The van der Waals surface area contributed by atoms with Gasteiger partial charge in [-0.15, -0.1) is 0 Å². The van der Waals surface area contributed by atoms with Crippen LogP contribution in [-0.4, -0.2) is 19.0 Å². The molecule has 1 aromatic carbocycles. The summed E-state index contributed by atoms with van der Waals surface area (Å²) in [5.74, 6) is 1.03. The van der Waals surface area contributed by atoms with Crippen LogP contribution in [0.2, 0.25) is 0 Å². The van der Waals surface area contributed by atoms with E-state index in [1.165, 1.54) is 6.26 Å². The summed E-state index contributed by atoms with van der Waals surface area (Å²) in [6.07, 6.45) is 1.67. The molecule has 3 amide bonds. The Morgan fingerprint density at radius 3 is 2.55 bits per heavy atom. The van der Waals surface area contributed by atoms with E-state index in [0.29, 0.717) is 5.76 Å². The van der Waals surface area contributed by atoms with E-state index in [-0.39, 0.29) is 18.9 Å². The van der Waals surface area contributed by atoms with Crippen LogP contribution in [0.1, 0.15) is 11.3 Å². The number of benzene rings is 1. The maximum absolute atomic E-state index is 11.7. The van der Waals surface area contributed by atoms with E-state index in [1.807, 2.05) is 0 Å². The molecule has 22 heavy (non-hydrogen) atoms. The number of rotatable bonds is 5. The second-order valence-electron chi connectivity index (χ2n) is 4.46. The largest absolute Gasteiger partial charge is 0.497 e. The van der Waals surface area contributed by atoms with Gasteiger partial charge in [0.15, 0.2) is 0 Å². The summed E-state index contributed by atoms with van der Waals surface area (Å²) in [4.78, 5) is 23.2. The number of hydrazine groups is 1. The second-order valence-corrected chi connectivity index (χ2v) is 4.46. The zero-order valence-electron chi connectivity index (χ0n) is 12.1. The van der Waals surface area contributed by atoms with Crippen molar-refractivity contribution in [1.29, 1.82) is 0 Å². The average molecular weight is 303 g/mol. The van der Waals surface area contributed by atoms with Crippen LogP contribution in [0.5, 0.6) is 5.75 Å².